The highest BCUT2D eigenvalue weighted by Crippen LogP contribution is 2.34. The molecule has 1 amide bonds. The van der Waals surface area contributed by atoms with Crippen molar-refractivity contribution in [3.8, 4) is 5.75 Å². The number of rotatable bonds is 6. The normalized spacial score (nSPS) is 15.5. The summed E-state index contributed by atoms with van der Waals surface area (Å²) in [5, 5.41) is 12.7. The first-order valence-electron chi connectivity index (χ1n) is 10.7. The summed E-state index contributed by atoms with van der Waals surface area (Å²) in [5.74, 6) is -2.79. The largest absolute Gasteiger partial charge is 0.487 e. The summed E-state index contributed by atoms with van der Waals surface area (Å²) < 4.78 is 64.4. The Labute approximate surface area is 197 Å². The highest BCUT2D eigenvalue weighted by atomic mass is 19.4. The molecule has 0 saturated carbocycles. The van der Waals surface area contributed by atoms with Gasteiger partial charge in [0.05, 0.1) is 11.1 Å². The van der Waals surface area contributed by atoms with E-state index in [4.69, 9.17) is 9.47 Å². The number of hydrogen-bond acceptors (Lipinski definition) is 4. The lowest BCUT2D eigenvalue weighted by molar-refractivity contribution is -0.148. The smallest absolute Gasteiger partial charge is 0.416 e. The van der Waals surface area contributed by atoms with E-state index in [-0.39, 0.29) is 54.7 Å². The topological polar surface area (TPSA) is 84.9 Å². The predicted molar refractivity (Wildman–Crippen MR) is 118 cm³/mol. The highest BCUT2D eigenvalue weighted by molar-refractivity contribution is 6.05. The maximum atomic E-state index is 14.9. The standard InChI is InChI=1S/C25H21F4NO5/c26-20-13-19(22(31)30-24(23(32)33)9-11-34-12-10-24)21(18-4-2-1-3-17(18)20)35-14-15-5-7-16(8-6-15)25(27,28)29/h1-8,13H,9-12,14H2,(H,30,31)(H,32,33). The van der Waals surface area contributed by atoms with Gasteiger partial charge in [-0.15, -0.1) is 0 Å². The monoisotopic (exact) mass is 491 g/mol. The second kappa shape index (κ2) is 9.53. The van der Waals surface area contributed by atoms with Crippen molar-refractivity contribution in [2.45, 2.75) is 31.2 Å². The molecule has 1 saturated heterocycles. The first kappa shape index (κ1) is 24.5. The Morgan fingerprint density at radius 2 is 1.66 bits per heavy atom. The highest BCUT2D eigenvalue weighted by Gasteiger charge is 2.42. The third-order valence-electron chi connectivity index (χ3n) is 5.96. The van der Waals surface area contributed by atoms with Gasteiger partial charge in [-0.25, -0.2) is 9.18 Å². The van der Waals surface area contributed by atoms with Gasteiger partial charge in [0.15, 0.2) is 0 Å². The number of carbonyl (C=O) groups is 2. The van der Waals surface area contributed by atoms with Crippen LogP contribution >= 0.6 is 0 Å². The molecule has 0 radical (unpaired) electrons. The molecule has 6 nitrogen and oxygen atoms in total. The van der Waals surface area contributed by atoms with Crippen molar-refractivity contribution in [1.82, 2.24) is 5.32 Å². The minimum absolute atomic E-state index is 0.00741. The SMILES string of the molecule is O=C(NC1(C(=O)O)CCOCC1)c1cc(F)c2ccccc2c1OCc1ccc(C(F)(F)F)cc1. The summed E-state index contributed by atoms with van der Waals surface area (Å²) in [7, 11) is 0. The third kappa shape index (κ3) is 5.07. The molecule has 4 rings (SSSR count). The van der Waals surface area contributed by atoms with Crippen LogP contribution in [0.25, 0.3) is 10.8 Å². The molecule has 0 bridgehead atoms. The van der Waals surface area contributed by atoms with E-state index in [1.54, 1.807) is 18.2 Å². The van der Waals surface area contributed by atoms with Gasteiger partial charge >= 0.3 is 12.1 Å². The molecule has 1 heterocycles. The number of benzene rings is 3. The average molecular weight is 491 g/mol. The maximum absolute atomic E-state index is 14.9. The summed E-state index contributed by atoms with van der Waals surface area (Å²) in [6.07, 6.45) is -4.42. The van der Waals surface area contributed by atoms with Crippen molar-refractivity contribution in [2.24, 2.45) is 0 Å². The van der Waals surface area contributed by atoms with Gasteiger partial charge in [0.1, 0.15) is 23.7 Å². The molecular formula is C25H21F4NO5. The van der Waals surface area contributed by atoms with Gasteiger partial charge in [0.25, 0.3) is 5.91 Å². The van der Waals surface area contributed by atoms with Crippen LogP contribution in [0.4, 0.5) is 17.6 Å². The maximum Gasteiger partial charge on any atom is 0.416 e. The molecule has 184 valence electrons. The quantitative estimate of drug-likeness (QED) is 0.477. The summed E-state index contributed by atoms with van der Waals surface area (Å²) in [5.41, 5.74) is -2.23. The zero-order valence-corrected chi connectivity index (χ0v) is 18.3. The van der Waals surface area contributed by atoms with Crippen molar-refractivity contribution in [3.05, 3.63) is 77.1 Å². The molecule has 10 heteroatoms. The Morgan fingerprint density at radius 3 is 2.26 bits per heavy atom. The van der Waals surface area contributed by atoms with Crippen molar-refractivity contribution >= 4 is 22.6 Å². The van der Waals surface area contributed by atoms with Crippen LogP contribution in [0.2, 0.25) is 0 Å². The van der Waals surface area contributed by atoms with E-state index in [9.17, 15) is 32.3 Å². The summed E-state index contributed by atoms with van der Waals surface area (Å²) in [4.78, 5) is 25.2. The Morgan fingerprint density at radius 1 is 1.03 bits per heavy atom. The second-order valence-electron chi connectivity index (χ2n) is 8.22. The van der Waals surface area contributed by atoms with E-state index in [0.717, 1.165) is 18.2 Å². The minimum Gasteiger partial charge on any atom is -0.487 e. The van der Waals surface area contributed by atoms with E-state index < -0.39 is 35.0 Å². The van der Waals surface area contributed by atoms with E-state index in [1.165, 1.54) is 18.2 Å². The number of carboxylic acid groups (broad SMARTS) is 1. The lowest BCUT2D eigenvalue weighted by Gasteiger charge is -2.34. The van der Waals surface area contributed by atoms with Gasteiger partial charge in [-0.2, -0.15) is 13.2 Å². The van der Waals surface area contributed by atoms with Crippen LogP contribution in [-0.2, 0) is 22.3 Å². The van der Waals surface area contributed by atoms with E-state index in [0.29, 0.717) is 5.56 Å². The first-order valence-corrected chi connectivity index (χ1v) is 10.7. The summed E-state index contributed by atoms with van der Waals surface area (Å²) in [6.45, 7) is 0.0673. The third-order valence-corrected chi connectivity index (χ3v) is 5.96. The molecule has 1 aliphatic heterocycles. The zero-order valence-electron chi connectivity index (χ0n) is 18.3. The number of hydrogen-bond donors (Lipinski definition) is 2. The number of nitrogens with one attached hydrogen (secondary N) is 1. The lowest BCUT2D eigenvalue weighted by Crippen LogP contribution is -2.57. The molecule has 0 unspecified atom stereocenters. The molecule has 0 aromatic heterocycles. The number of carbonyl (C=O) groups excluding carboxylic acids is 1. The first-order chi connectivity index (χ1) is 16.6. The molecule has 35 heavy (non-hydrogen) atoms. The van der Waals surface area contributed by atoms with Crippen LogP contribution in [0.15, 0.2) is 54.6 Å². The van der Waals surface area contributed by atoms with Crippen LogP contribution in [0.5, 0.6) is 5.75 Å². The van der Waals surface area contributed by atoms with Crippen LogP contribution in [0, 0.1) is 5.82 Å². The van der Waals surface area contributed by atoms with Crippen LogP contribution in [-0.4, -0.2) is 35.7 Å². The van der Waals surface area contributed by atoms with E-state index in [1.807, 2.05) is 0 Å². The van der Waals surface area contributed by atoms with Gasteiger partial charge in [-0.05, 0) is 23.8 Å². The predicted octanol–water partition coefficient (Wildman–Crippen LogP) is 4.94. The van der Waals surface area contributed by atoms with E-state index in [2.05, 4.69) is 5.32 Å². The van der Waals surface area contributed by atoms with Crippen molar-refractivity contribution < 1.29 is 41.7 Å². The zero-order chi connectivity index (χ0) is 25.2. The van der Waals surface area contributed by atoms with Crippen molar-refractivity contribution in [2.75, 3.05) is 13.2 Å². The van der Waals surface area contributed by atoms with E-state index >= 15 is 0 Å². The molecule has 3 aromatic rings. The number of alkyl halides is 3. The Kier molecular flexibility index (Phi) is 6.66. The molecule has 3 aromatic carbocycles. The molecule has 0 spiro atoms. The van der Waals surface area contributed by atoms with Crippen LogP contribution in [0.3, 0.4) is 0 Å². The van der Waals surface area contributed by atoms with Crippen molar-refractivity contribution in [3.63, 3.8) is 0 Å². The second-order valence-corrected chi connectivity index (χ2v) is 8.22. The average Bonchev–Trinajstić information content (AvgIpc) is 2.83. The number of amides is 1. The Balaban J connectivity index is 1.68. The van der Waals surface area contributed by atoms with Gasteiger partial charge < -0.3 is 19.9 Å². The molecule has 0 atom stereocenters. The summed E-state index contributed by atoms with van der Waals surface area (Å²) >= 11 is 0. The molecule has 1 aliphatic rings. The minimum atomic E-state index is -4.48. The van der Waals surface area contributed by atoms with Gasteiger partial charge in [0, 0.05) is 36.8 Å². The van der Waals surface area contributed by atoms with Crippen LogP contribution < -0.4 is 10.1 Å². The summed E-state index contributed by atoms with van der Waals surface area (Å²) in [6, 6.07) is 11.5. The number of aliphatic carboxylic acids is 1. The number of carboxylic acids is 1. The van der Waals surface area contributed by atoms with Crippen LogP contribution in [0.1, 0.15) is 34.3 Å². The Hall–Kier alpha value is -3.66. The molecule has 0 aliphatic carbocycles. The van der Waals surface area contributed by atoms with Gasteiger partial charge in [-0.3, -0.25) is 4.79 Å². The van der Waals surface area contributed by atoms with Crippen molar-refractivity contribution in [1.29, 1.82) is 0 Å². The van der Waals surface area contributed by atoms with Gasteiger partial charge in [0.2, 0.25) is 0 Å². The van der Waals surface area contributed by atoms with Gasteiger partial charge in [-0.1, -0.05) is 36.4 Å². The fraction of sp³-hybridized carbons (Fsp3) is 0.280. The fourth-order valence-electron chi connectivity index (χ4n) is 3.97. The Bertz CT molecular complexity index is 1250. The number of ether oxygens (including phenoxy) is 2. The number of halogens is 4. The lowest BCUT2D eigenvalue weighted by atomic mass is 9.89. The number of fused-ring (bicyclic) bond motifs is 1. The molecule has 1 fully saturated rings. The fourth-order valence-corrected chi connectivity index (χ4v) is 3.97. The molecule has 2 N–H and O–H groups in total. The molecular weight excluding hydrogens is 470 g/mol.